The zero-order valence-electron chi connectivity index (χ0n) is 19.6. The highest BCUT2D eigenvalue weighted by Gasteiger charge is 2.24. The summed E-state index contributed by atoms with van der Waals surface area (Å²) in [5, 5.41) is 14.9. The Morgan fingerprint density at radius 2 is 2.22 bits per heavy atom. The molecule has 0 spiro atoms. The quantitative estimate of drug-likeness (QED) is 0.368. The second kappa shape index (κ2) is 10.1. The third-order valence-electron chi connectivity index (χ3n) is 5.54. The number of anilines is 2. The molecule has 1 aliphatic rings. The molecule has 4 aromatic rings. The first-order valence-electron chi connectivity index (χ1n) is 11.2. The maximum atomic E-state index is 13.3. The van der Waals surface area contributed by atoms with E-state index < -0.39 is 12.5 Å². The van der Waals surface area contributed by atoms with E-state index in [-0.39, 0.29) is 11.3 Å². The zero-order chi connectivity index (χ0) is 25.2. The number of amides is 1. The molecule has 1 amide bonds. The van der Waals surface area contributed by atoms with Crippen LogP contribution in [0, 0.1) is 0 Å². The zero-order valence-corrected chi connectivity index (χ0v) is 20.4. The summed E-state index contributed by atoms with van der Waals surface area (Å²) in [5.74, 6) is 0.372. The van der Waals surface area contributed by atoms with Crippen LogP contribution in [0.25, 0.3) is 16.9 Å². The maximum Gasteiger partial charge on any atom is 0.387 e. The van der Waals surface area contributed by atoms with Gasteiger partial charge < -0.3 is 20.3 Å². The molecule has 0 saturated carbocycles. The number of thioether (sulfide) groups is 1. The van der Waals surface area contributed by atoms with E-state index in [1.54, 1.807) is 53.2 Å². The van der Waals surface area contributed by atoms with Crippen LogP contribution in [0.15, 0.2) is 47.9 Å². The SMILES string of the molecule is CN(C)CCn1cc(NC(=O)c2cnn3cccnc23)c(-c2cc3c(cc2OC(F)F)NCCS3)n1. The summed E-state index contributed by atoms with van der Waals surface area (Å²) in [6.07, 6.45) is 6.38. The third-order valence-corrected chi connectivity index (χ3v) is 6.60. The predicted octanol–water partition coefficient (Wildman–Crippen LogP) is 3.53. The number of nitrogens with zero attached hydrogens (tertiary/aromatic N) is 6. The molecule has 188 valence electrons. The number of ether oxygens (including phenoxy) is 1. The molecule has 13 heteroatoms. The molecule has 0 radical (unpaired) electrons. The van der Waals surface area contributed by atoms with Crippen molar-refractivity contribution in [3.8, 4) is 17.0 Å². The fraction of sp³-hybridized carbons (Fsp3) is 0.304. The minimum atomic E-state index is -3.02. The number of likely N-dealkylation sites (N-methyl/N-ethyl adjacent to an activating group) is 1. The van der Waals surface area contributed by atoms with Crippen molar-refractivity contribution < 1.29 is 18.3 Å². The van der Waals surface area contributed by atoms with Crippen molar-refractivity contribution in [1.29, 1.82) is 0 Å². The molecule has 0 atom stereocenters. The summed E-state index contributed by atoms with van der Waals surface area (Å²) >= 11 is 1.61. The third kappa shape index (κ3) is 4.97. The van der Waals surface area contributed by atoms with Crippen molar-refractivity contribution in [2.24, 2.45) is 0 Å². The number of aromatic nitrogens is 5. The van der Waals surface area contributed by atoms with E-state index in [0.717, 1.165) is 22.9 Å². The van der Waals surface area contributed by atoms with E-state index >= 15 is 0 Å². The molecule has 0 saturated heterocycles. The van der Waals surface area contributed by atoms with E-state index in [1.165, 1.54) is 10.7 Å². The molecule has 36 heavy (non-hydrogen) atoms. The highest BCUT2D eigenvalue weighted by atomic mass is 32.2. The molecule has 5 rings (SSSR count). The number of fused-ring (bicyclic) bond motifs is 2. The Hall–Kier alpha value is -3.71. The summed E-state index contributed by atoms with van der Waals surface area (Å²) in [6, 6.07) is 5.04. The first-order chi connectivity index (χ1) is 17.4. The van der Waals surface area contributed by atoms with E-state index in [1.807, 2.05) is 19.0 Å². The number of alkyl halides is 2. The average molecular weight is 515 g/mol. The van der Waals surface area contributed by atoms with Gasteiger partial charge in [-0.1, -0.05) is 0 Å². The minimum Gasteiger partial charge on any atom is -0.434 e. The van der Waals surface area contributed by atoms with E-state index in [2.05, 4.69) is 25.8 Å². The van der Waals surface area contributed by atoms with Crippen LogP contribution in [-0.4, -0.2) is 74.7 Å². The minimum absolute atomic E-state index is 0.0234. The molecule has 2 N–H and O–H groups in total. The molecule has 3 aromatic heterocycles. The Morgan fingerprint density at radius 1 is 1.36 bits per heavy atom. The number of nitrogens with one attached hydrogen (secondary N) is 2. The molecular formula is C23H24F2N8O2S. The standard InChI is InChI=1S/C23H24F2N8O2S/c1-31(2)7-8-32-13-17(29-22(34)15-12-28-33-6-3-4-27-21(15)33)20(30-32)14-10-19-16(26-5-9-36-19)11-18(14)35-23(24)25/h3-4,6,10-13,23,26H,5,7-9H2,1-2H3,(H,29,34). The maximum absolute atomic E-state index is 13.3. The van der Waals surface area contributed by atoms with Crippen LogP contribution in [0.2, 0.25) is 0 Å². The molecule has 0 aliphatic carbocycles. The summed E-state index contributed by atoms with van der Waals surface area (Å²) in [5.41, 5.74) is 2.45. The lowest BCUT2D eigenvalue weighted by Gasteiger charge is -2.20. The summed E-state index contributed by atoms with van der Waals surface area (Å²) in [7, 11) is 3.88. The Kier molecular flexibility index (Phi) is 6.74. The molecule has 0 unspecified atom stereocenters. The largest absolute Gasteiger partial charge is 0.434 e. The van der Waals surface area contributed by atoms with Gasteiger partial charge in [0, 0.05) is 54.0 Å². The van der Waals surface area contributed by atoms with Gasteiger partial charge in [0.25, 0.3) is 5.91 Å². The Balaban J connectivity index is 1.57. The number of carbonyl (C=O) groups excluding carboxylic acids is 1. The van der Waals surface area contributed by atoms with Gasteiger partial charge in [-0.3, -0.25) is 9.48 Å². The normalized spacial score (nSPS) is 13.2. The Bertz CT molecular complexity index is 1400. The molecule has 0 bridgehead atoms. The van der Waals surface area contributed by atoms with Gasteiger partial charge in [0.15, 0.2) is 5.65 Å². The molecular weight excluding hydrogens is 490 g/mol. The Morgan fingerprint density at radius 3 is 3.03 bits per heavy atom. The van der Waals surface area contributed by atoms with Crippen molar-refractivity contribution in [1.82, 2.24) is 29.3 Å². The second-order valence-corrected chi connectivity index (χ2v) is 9.49. The molecule has 4 heterocycles. The fourth-order valence-electron chi connectivity index (χ4n) is 3.85. The van der Waals surface area contributed by atoms with E-state index in [0.29, 0.717) is 35.7 Å². The van der Waals surface area contributed by atoms with Crippen molar-refractivity contribution >= 4 is 34.7 Å². The number of carbonyl (C=O) groups is 1. The van der Waals surface area contributed by atoms with Gasteiger partial charge in [0.1, 0.15) is 17.0 Å². The fourth-order valence-corrected chi connectivity index (χ4v) is 4.76. The van der Waals surface area contributed by atoms with Gasteiger partial charge in [-0.15, -0.1) is 11.8 Å². The van der Waals surface area contributed by atoms with Gasteiger partial charge in [-0.25, -0.2) is 9.50 Å². The highest BCUT2D eigenvalue weighted by Crippen LogP contribution is 2.43. The predicted molar refractivity (Wildman–Crippen MR) is 133 cm³/mol. The van der Waals surface area contributed by atoms with Crippen LogP contribution in [0.1, 0.15) is 10.4 Å². The van der Waals surface area contributed by atoms with Crippen molar-refractivity contribution in [2.75, 3.05) is 43.6 Å². The number of benzene rings is 1. The number of hydrogen-bond acceptors (Lipinski definition) is 8. The smallest absolute Gasteiger partial charge is 0.387 e. The number of rotatable bonds is 8. The van der Waals surface area contributed by atoms with Crippen molar-refractivity contribution in [3.63, 3.8) is 0 Å². The lowest BCUT2D eigenvalue weighted by atomic mass is 10.1. The first kappa shape index (κ1) is 24.0. The van der Waals surface area contributed by atoms with E-state index in [4.69, 9.17) is 4.74 Å². The Labute approximate surface area is 209 Å². The molecule has 0 fully saturated rings. The van der Waals surface area contributed by atoms with Crippen LogP contribution in [0.3, 0.4) is 0 Å². The van der Waals surface area contributed by atoms with Crippen LogP contribution >= 0.6 is 11.8 Å². The van der Waals surface area contributed by atoms with Gasteiger partial charge in [-0.2, -0.15) is 19.0 Å². The van der Waals surface area contributed by atoms with Gasteiger partial charge in [0.2, 0.25) is 0 Å². The molecule has 1 aliphatic heterocycles. The van der Waals surface area contributed by atoms with Crippen LogP contribution in [0.5, 0.6) is 5.75 Å². The summed E-state index contributed by atoms with van der Waals surface area (Å²) in [6.45, 7) is -1.08. The van der Waals surface area contributed by atoms with Crippen LogP contribution in [-0.2, 0) is 6.54 Å². The van der Waals surface area contributed by atoms with Gasteiger partial charge >= 0.3 is 6.61 Å². The van der Waals surface area contributed by atoms with Crippen molar-refractivity contribution in [3.05, 3.63) is 48.5 Å². The van der Waals surface area contributed by atoms with E-state index in [9.17, 15) is 13.6 Å². The monoisotopic (exact) mass is 514 g/mol. The number of hydrogen-bond donors (Lipinski definition) is 2. The van der Waals surface area contributed by atoms with Gasteiger partial charge in [-0.05, 0) is 26.2 Å². The lowest BCUT2D eigenvalue weighted by Crippen LogP contribution is -2.18. The molecule has 1 aromatic carbocycles. The topological polar surface area (TPSA) is 102 Å². The second-order valence-electron chi connectivity index (χ2n) is 8.36. The first-order valence-corrected chi connectivity index (χ1v) is 12.2. The number of halogens is 2. The van der Waals surface area contributed by atoms with Crippen LogP contribution in [0.4, 0.5) is 20.2 Å². The summed E-state index contributed by atoms with van der Waals surface area (Å²) < 4.78 is 34.7. The average Bonchev–Trinajstić information content (AvgIpc) is 3.46. The van der Waals surface area contributed by atoms with Crippen LogP contribution < -0.4 is 15.4 Å². The van der Waals surface area contributed by atoms with Crippen molar-refractivity contribution in [2.45, 2.75) is 18.1 Å². The highest BCUT2D eigenvalue weighted by molar-refractivity contribution is 7.99. The molecule has 10 nitrogen and oxygen atoms in total. The lowest BCUT2D eigenvalue weighted by molar-refractivity contribution is -0.0494. The van der Waals surface area contributed by atoms with Gasteiger partial charge in [0.05, 0.1) is 24.1 Å². The summed E-state index contributed by atoms with van der Waals surface area (Å²) in [4.78, 5) is 20.4.